The SMILES string of the molecule is O=C1c2ccccc2S[NH+]1c1ccccc1.[Cl-]. The Morgan fingerprint density at radius 3 is 2.24 bits per heavy atom. The molecule has 2 aromatic carbocycles. The van der Waals surface area contributed by atoms with Gasteiger partial charge in [-0.2, -0.15) is 4.31 Å². The normalized spacial score (nSPS) is 17.4. The van der Waals surface area contributed by atoms with E-state index in [1.807, 2.05) is 54.6 Å². The van der Waals surface area contributed by atoms with Crippen LogP contribution in [-0.2, 0) is 0 Å². The number of para-hydroxylation sites is 1. The van der Waals surface area contributed by atoms with E-state index < -0.39 is 0 Å². The summed E-state index contributed by atoms with van der Waals surface area (Å²) in [4.78, 5) is 13.2. The number of benzene rings is 2. The Kier molecular flexibility index (Phi) is 3.52. The monoisotopic (exact) mass is 263 g/mol. The molecule has 0 radical (unpaired) electrons. The second kappa shape index (κ2) is 4.92. The molecule has 4 heteroatoms. The predicted molar refractivity (Wildman–Crippen MR) is 63.7 cm³/mol. The van der Waals surface area contributed by atoms with E-state index in [2.05, 4.69) is 0 Å². The van der Waals surface area contributed by atoms with Gasteiger partial charge in [-0.25, -0.2) is 4.79 Å². The highest BCUT2D eigenvalue weighted by Crippen LogP contribution is 2.24. The van der Waals surface area contributed by atoms with Gasteiger partial charge in [0, 0.05) is 12.1 Å². The molecule has 0 saturated carbocycles. The summed E-state index contributed by atoms with van der Waals surface area (Å²) in [5, 5.41) is 0. The fourth-order valence-electron chi connectivity index (χ4n) is 1.80. The van der Waals surface area contributed by atoms with Crippen LogP contribution in [0.1, 0.15) is 10.4 Å². The third-order valence-corrected chi connectivity index (χ3v) is 3.79. The minimum atomic E-state index is 0. The van der Waals surface area contributed by atoms with Crippen molar-refractivity contribution in [3.8, 4) is 0 Å². The molecule has 0 aromatic heterocycles. The zero-order valence-corrected chi connectivity index (χ0v) is 10.5. The highest BCUT2D eigenvalue weighted by Gasteiger charge is 2.36. The van der Waals surface area contributed by atoms with Crippen LogP contribution in [-0.4, -0.2) is 5.91 Å². The molecule has 0 spiro atoms. The van der Waals surface area contributed by atoms with E-state index in [-0.39, 0.29) is 18.3 Å². The lowest BCUT2D eigenvalue weighted by atomic mass is 10.2. The number of carbonyl (C=O) groups excluding carboxylic acids is 1. The van der Waals surface area contributed by atoms with Gasteiger partial charge in [0.1, 0.15) is 11.9 Å². The van der Waals surface area contributed by atoms with Gasteiger partial charge in [-0.3, -0.25) is 0 Å². The molecule has 0 aliphatic carbocycles. The van der Waals surface area contributed by atoms with Crippen LogP contribution < -0.4 is 16.7 Å². The van der Waals surface area contributed by atoms with Crippen molar-refractivity contribution < 1.29 is 21.5 Å². The molecule has 1 amide bonds. The first-order valence-corrected chi connectivity index (χ1v) is 5.92. The molecule has 1 aliphatic rings. The average Bonchev–Trinajstić information content (AvgIpc) is 2.69. The molecule has 2 aromatic rings. The molecule has 0 saturated heterocycles. The number of amides is 1. The number of hydrogen-bond acceptors (Lipinski definition) is 2. The third kappa shape index (κ3) is 2.09. The Balaban J connectivity index is 0.00000108. The van der Waals surface area contributed by atoms with Gasteiger partial charge in [-0.1, -0.05) is 30.3 Å². The lowest BCUT2D eigenvalue weighted by molar-refractivity contribution is -0.571. The molecule has 0 bridgehead atoms. The number of nitrogens with one attached hydrogen (secondary N) is 1. The minimum absolute atomic E-state index is 0. The van der Waals surface area contributed by atoms with Gasteiger partial charge in [-0.15, -0.1) is 0 Å². The van der Waals surface area contributed by atoms with Gasteiger partial charge in [0.15, 0.2) is 5.69 Å². The van der Waals surface area contributed by atoms with Crippen LogP contribution in [0.5, 0.6) is 0 Å². The van der Waals surface area contributed by atoms with Gasteiger partial charge in [0.2, 0.25) is 0 Å². The lowest BCUT2D eigenvalue weighted by Crippen LogP contribution is -3.01. The fourth-order valence-corrected chi connectivity index (χ4v) is 2.90. The minimum Gasteiger partial charge on any atom is -1.00 e. The molecule has 86 valence electrons. The molecular formula is C13H10ClNOS. The quantitative estimate of drug-likeness (QED) is 0.672. The summed E-state index contributed by atoms with van der Waals surface area (Å²) in [6, 6.07) is 17.6. The van der Waals surface area contributed by atoms with Gasteiger partial charge in [0.05, 0.1) is 10.5 Å². The van der Waals surface area contributed by atoms with Crippen molar-refractivity contribution in [2.24, 2.45) is 0 Å². The molecule has 2 nitrogen and oxygen atoms in total. The van der Waals surface area contributed by atoms with E-state index in [4.69, 9.17) is 0 Å². The van der Waals surface area contributed by atoms with Crippen molar-refractivity contribution in [2.45, 2.75) is 4.90 Å². The summed E-state index contributed by atoms with van der Waals surface area (Å²) in [5.41, 5.74) is 1.83. The molecule has 0 fully saturated rings. The zero-order valence-electron chi connectivity index (χ0n) is 8.89. The maximum Gasteiger partial charge on any atom is 0.362 e. The summed E-state index contributed by atoms with van der Waals surface area (Å²) in [7, 11) is 0. The Labute approximate surface area is 110 Å². The molecule has 1 unspecified atom stereocenters. The first kappa shape index (κ1) is 12.2. The van der Waals surface area contributed by atoms with Crippen LogP contribution >= 0.6 is 11.9 Å². The Morgan fingerprint density at radius 1 is 0.882 bits per heavy atom. The maximum absolute atomic E-state index is 12.1. The molecule has 17 heavy (non-hydrogen) atoms. The van der Waals surface area contributed by atoms with E-state index in [1.54, 1.807) is 11.9 Å². The third-order valence-electron chi connectivity index (χ3n) is 2.59. The molecule has 1 aliphatic heterocycles. The molecule has 1 atom stereocenters. The van der Waals surface area contributed by atoms with E-state index in [1.165, 1.54) is 0 Å². The molecule has 1 N–H and O–H groups in total. The highest BCUT2D eigenvalue weighted by molar-refractivity contribution is 7.94. The van der Waals surface area contributed by atoms with Gasteiger partial charge in [0.25, 0.3) is 0 Å². The second-order valence-corrected chi connectivity index (χ2v) is 4.67. The lowest BCUT2D eigenvalue weighted by Gasteiger charge is -2.05. The summed E-state index contributed by atoms with van der Waals surface area (Å²) < 4.78 is 0.835. The predicted octanol–water partition coefficient (Wildman–Crippen LogP) is -0.932. The van der Waals surface area contributed by atoms with Crippen LogP contribution in [0, 0.1) is 0 Å². The van der Waals surface area contributed by atoms with E-state index >= 15 is 0 Å². The van der Waals surface area contributed by atoms with Gasteiger partial charge in [-0.05, 0) is 12.1 Å². The first-order valence-electron chi connectivity index (χ1n) is 5.10. The fraction of sp³-hybridized carbons (Fsp3) is 0. The smallest absolute Gasteiger partial charge is 0.362 e. The second-order valence-electron chi connectivity index (χ2n) is 3.62. The molecular weight excluding hydrogens is 254 g/mol. The van der Waals surface area contributed by atoms with Crippen molar-refractivity contribution in [3.63, 3.8) is 0 Å². The summed E-state index contributed by atoms with van der Waals surface area (Å²) in [5.74, 6) is 0.145. The Morgan fingerprint density at radius 2 is 1.53 bits per heavy atom. The number of carbonyl (C=O) groups is 1. The largest absolute Gasteiger partial charge is 1.00 e. The van der Waals surface area contributed by atoms with Crippen molar-refractivity contribution in [2.75, 3.05) is 0 Å². The number of hydrogen-bond donors (Lipinski definition) is 1. The first-order chi connectivity index (χ1) is 7.86. The van der Waals surface area contributed by atoms with Crippen molar-refractivity contribution in [1.82, 2.24) is 0 Å². The number of halogens is 1. The number of quaternary nitrogens is 1. The average molecular weight is 264 g/mol. The van der Waals surface area contributed by atoms with Gasteiger partial charge < -0.3 is 12.4 Å². The van der Waals surface area contributed by atoms with Crippen molar-refractivity contribution in [1.29, 1.82) is 0 Å². The van der Waals surface area contributed by atoms with Crippen LogP contribution in [0.15, 0.2) is 59.5 Å². The van der Waals surface area contributed by atoms with E-state index in [0.29, 0.717) is 0 Å². The topological polar surface area (TPSA) is 21.5 Å². The van der Waals surface area contributed by atoms with Crippen LogP contribution in [0.4, 0.5) is 5.69 Å². The summed E-state index contributed by atoms with van der Waals surface area (Å²) in [6.07, 6.45) is 0. The summed E-state index contributed by atoms with van der Waals surface area (Å²) in [6.45, 7) is 0. The molecule has 3 rings (SSSR count). The molecule has 1 heterocycles. The number of fused-ring (bicyclic) bond motifs is 1. The Bertz CT molecular complexity index is 544. The van der Waals surface area contributed by atoms with Crippen LogP contribution in [0.2, 0.25) is 0 Å². The van der Waals surface area contributed by atoms with Crippen LogP contribution in [0.25, 0.3) is 0 Å². The van der Waals surface area contributed by atoms with Crippen molar-refractivity contribution in [3.05, 3.63) is 60.2 Å². The Hall–Kier alpha value is -1.29. The van der Waals surface area contributed by atoms with Gasteiger partial charge >= 0.3 is 5.91 Å². The van der Waals surface area contributed by atoms with Crippen LogP contribution in [0.3, 0.4) is 0 Å². The number of rotatable bonds is 1. The van der Waals surface area contributed by atoms with E-state index in [0.717, 1.165) is 20.5 Å². The highest BCUT2D eigenvalue weighted by atomic mass is 35.5. The maximum atomic E-state index is 12.1. The van der Waals surface area contributed by atoms with Crippen molar-refractivity contribution >= 4 is 23.5 Å². The summed E-state index contributed by atoms with van der Waals surface area (Å²) >= 11 is 1.56. The zero-order chi connectivity index (χ0) is 11.0. The van der Waals surface area contributed by atoms with E-state index in [9.17, 15) is 4.79 Å². The standard InChI is InChI=1S/C13H9NOS.ClH/c15-13-11-8-4-5-9-12(11)16-14(13)10-6-2-1-3-7-10;/h1-9H;1H.